The van der Waals surface area contributed by atoms with Crippen LogP contribution in [-0.4, -0.2) is 36.8 Å². The Balaban J connectivity index is 1.75. The fraction of sp³-hybridized carbons (Fsp3) is 0.385. The predicted molar refractivity (Wildman–Crippen MR) is 67.4 cm³/mol. The Labute approximate surface area is 114 Å². The van der Waals surface area contributed by atoms with E-state index >= 15 is 0 Å². The molecule has 0 fully saturated rings. The summed E-state index contributed by atoms with van der Waals surface area (Å²) < 4.78 is 15.9. The largest absolute Gasteiger partial charge is 0.493 e. The van der Waals surface area contributed by atoms with E-state index in [1.807, 2.05) is 12.1 Å². The first-order chi connectivity index (χ1) is 9.67. The number of ether oxygens (including phenoxy) is 3. The average Bonchev–Trinajstić information content (AvgIpc) is 3.06. The number of carboxylic acid groups (broad SMARTS) is 1. The quantitative estimate of drug-likeness (QED) is 0.891. The number of carboxylic acids is 1. The zero-order valence-corrected chi connectivity index (χ0v) is 10.8. The molecule has 2 aliphatic heterocycles. The maximum atomic E-state index is 10.8. The first-order valence-electron chi connectivity index (χ1n) is 6.10. The number of fused-ring (bicyclic) bond motifs is 1. The van der Waals surface area contributed by atoms with E-state index in [-0.39, 0.29) is 25.0 Å². The fourth-order valence-electron chi connectivity index (χ4n) is 2.23. The van der Waals surface area contributed by atoms with Crippen molar-refractivity contribution in [2.24, 2.45) is 5.16 Å². The van der Waals surface area contributed by atoms with Gasteiger partial charge in [0.15, 0.2) is 17.2 Å². The van der Waals surface area contributed by atoms with Crippen LogP contribution in [0, 0.1) is 0 Å². The van der Waals surface area contributed by atoms with Crippen molar-refractivity contribution in [2.45, 2.75) is 18.9 Å². The first kappa shape index (κ1) is 12.6. The zero-order chi connectivity index (χ0) is 14.1. The van der Waals surface area contributed by atoms with Gasteiger partial charge in [0.05, 0.1) is 7.11 Å². The number of hydrogen-bond donors (Lipinski definition) is 1. The Morgan fingerprint density at radius 1 is 1.50 bits per heavy atom. The van der Waals surface area contributed by atoms with Crippen molar-refractivity contribution < 1.29 is 28.9 Å². The number of carbonyl (C=O) groups is 1. The average molecular weight is 279 g/mol. The Kier molecular flexibility index (Phi) is 3.09. The molecule has 20 heavy (non-hydrogen) atoms. The summed E-state index contributed by atoms with van der Waals surface area (Å²) >= 11 is 0. The molecule has 7 nitrogen and oxygen atoms in total. The molecule has 0 saturated heterocycles. The Morgan fingerprint density at radius 2 is 2.35 bits per heavy atom. The summed E-state index contributed by atoms with van der Waals surface area (Å²) in [4.78, 5) is 15.9. The van der Waals surface area contributed by atoms with Gasteiger partial charge in [-0.2, -0.15) is 0 Å². The Bertz CT molecular complexity index is 582. The predicted octanol–water partition coefficient (Wildman–Crippen LogP) is 1.20. The van der Waals surface area contributed by atoms with Crippen molar-refractivity contribution in [3.63, 3.8) is 0 Å². The minimum absolute atomic E-state index is 0.0442. The molecule has 0 aliphatic carbocycles. The molecule has 2 heterocycles. The highest BCUT2D eigenvalue weighted by molar-refractivity contribution is 6.35. The van der Waals surface area contributed by atoms with E-state index in [0.29, 0.717) is 23.7 Å². The van der Waals surface area contributed by atoms with Crippen LogP contribution >= 0.6 is 0 Å². The lowest BCUT2D eigenvalue weighted by Gasteiger charge is -2.11. The van der Waals surface area contributed by atoms with Gasteiger partial charge in [-0.1, -0.05) is 5.16 Å². The van der Waals surface area contributed by atoms with Crippen molar-refractivity contribution in [3.05, 3.63) is 17.7 Å². The van der Waals surface area contributed by atoms with Gasteiger partial charge in [0.25, 0.3) is 0 Å². The molecule has 1 aromatic carbocycles. The maximum absolute atomic E-state index is 10.8. The van der Waals surface area contributed by atoms with Crippen LogP contribution in [0.2, 0.25) is 0 Å². The molecule has 0 spiro atoms. The highest BCUT2D eigenvalue weighted by atomic mass is 16.7. The highest BCUT2D eigenvalue weighted by Crippen LogP contribution is 2.42. The summed E-state index contributed by atoms with van der Waals surface area (Å²) in [7, 11) is 1.55. The van der Waals surface area contributed by atoms with Crippen LogP contribution in [0.3, 0.4) is 0 Å². The zero-order valence-electron chi connectivity index (χ0n) is 10.8. The normalized spacial score (nSPS) is 19.4. The van der Waals surface area contributed by atoms with E-state index in [0.717, 1.165) is 5.56 Å². The molecule has 2 aliphatic rings. The monoisotopic (exact) mass is 279 g/mol. The SMILES string of the molecule is COc1cc(C[C@@H]2CC(C(=O)O)=NO2)cc2c1OCO2. The van der Waals surface area contributed by atoms with Gasteiger partial charge in [-0.15, -0.1) is 0 Å². The van der Waals surface area contributed by atoms with E-state index in [1.165, 1.54) is 0 Å². The third-order valence-electron chi connectivity index (χ3n) is 3.16. The lowest BCUT2D eigenvalue weighted by atomic mass is 10.0. The van der Waals surface area contributed by atoms with Crippen molar-refractivity contribution in [1.82, 2.24) is 0 Å². The molecule has 7 heteroatoms. The van der Waals surface area contributed by atoms with Crippen LogP contribution < -0.4 is 14.2 Å². The van der Waals surface area contributed by atoms with Gasteiger partial charge in [-0.25, -0.2) is 4.79 Å². The second-order valence-electron chi connectivity index (χ2n) is 4.51. The van der Waals surface area contributed by atoms with Gasteiger partial charge >= 0.3 is 5.97 Å². The fourth-order valence-corrected chi connectivity index (χ4v) is 2.23. The van der Waals surface area contributed by atoms with E-state index in [1.54, 1.807) is 7.11 Å². The summed E-state index contributed by atoms with van der Waals surface area (Å²) in [5, 5.41) is 12.4. The first-order valence-corrected chi connectivity index (χ1v) is 6.10. The number of rotatable bonds is 4. The minimum atomic E-state index is -1.05. The highest BCUT2D eigenvalue weighted by Gasteiger charge is 2.27. The van der Waals surface area contributed by atoms with Gasteiger partial charge in [0, 0.05) is 12.8 Å². The van der Waals surface area contributed by atoms with Gasteiger partial charge in [0.2, 0.25) is 12.5 Å². The molecule has 0 bridgehead atoms. The molecule has 0 amide bonds. The molecule has 3 rings (SSSR count). The van der Waals surface area contributed by atoms with Gasteiger partial charge in [0.1, 0.15) is 6.10 Å². The Hall–Kier alpha value is -2.44. The van der Waals surface area contributed by atoms with Crippen molar-refractivity contribution in [3.8, 4) is 17.2 Å². The standard InChI is InChI=1S/C13H13NO6/c1-17-10-3-7(4-11-12(10)19-6-18-11)2-8-5-9(13(15)16)14-20-8/h3-4,8H,2,5-6H2,1H3,(H,15,16)/t8-/m1/s1. The van der Waals surface area contributed by atoms with Crippen molar-refractivity contribution in [2.75, 3.05) is 13.9 Å². The molecule has 1 N–H and O–H groups in total. The van der Waals surface area contributed by atoms with Crippen LogP contribution in [0.15, 0.2) is 17.3 Å². The summed E-state index contributed by atoms with van der Waals surface area (Å²) in [6, 6.07) is 3.67. The van der Waals surface area contributed by atoms with Crippen LogP contribution in [-0.2, 0) is 16.1 Å². The number of aliphatic carboxylic acids is 1. The molecule has 1 aromatic rings. The van der Waals surface area contributed by atoms with E-state index in [2.05, 4.69) is 5.16 Å². The van der Waals surface area contributed by atoms with Crippen LogP contribution in [0.1, 0.15) is 12.0 Å². The molecule has 0 aromatic heterocycles. The Morgan fingerprint density at radius 3 is 3.05 bits per heavy atom. The second-order valence-corrected chi connectivity index (χ2v) is 4.51. The maximum Gasteiger partial charge on any atom is 0.353 e. The molecule has 0 saturated carbocycles. The van der Waals surface area contributed by atoms with Crippen LogP contribution in [0.5, 0.6) is 17.2 Å². The summed E-state index contributed by atoms with van der Waals surface area (Å²) in [6.45, 7) is 0.168. The van der Waals surface area contributed by atoms with Gasteiger partial charge in [-0.05, 0) is 17.7 Å². The minimum Gasteiger partial charge on any atom is -0.493 e. The lowest BCUT2D eigenvalue weighted by molar-refractivity contribution is -0.129. The van der Waals surface area contributed by atoms with E-state index in [4.69, 9.17) is 24.2 Å². The molecule has 0 unspecified atom stereocenters. The smallest absolute Gasteiger partial charge is 0.353 e. The number of oxime groups is 1. The topological polar surface area (TPSA) is 86.6 Å². The van der Waals surface area contributed by atoms with Crippen LogP contribution in [0.25, 0.3) is 0 Å². The molecule has 106 valence electrons. The molecule has 0 radical (unpaired) electrons. The summed E-state index contributed by atoms with van der Waals surface area (Å²) in [5.41, 5.74) is 0.959. The number of benzene rings is 1. The lowest BCUT2D eigenvalue weighted by Crippen LogP contribution is -2.16. The van der Waals surface area contributed by atoms with E-state index in [9.17, 15) is 4.79 Å². The van der Waals surface area contributed by atoms with Crippen molar-refractivity contribution in [1.29, 1.82) is 0 Å². The molecular weight excluding hydrogens is 266 g/mol. The second kappa shape index (κ2) is 4.92. The summed E-state index contributed by atoms with van der Waals surface area (Å²) in [5.74, 6) is 0.755. The van der Waals surface area contributed by atoms with Gasteiger partial charge < -0.3 is 24.2 Å². The summed E-state index contributed by atoms with van der Waals surface area (Å²) in [6.07, 6.45) is 0.519. The van der Waals surface area contributed by atoms with Gasteiger partial charge in [-0.3, -0.25) is 0 Å². The molecular formula is C13H13NO6. The number of nitrogens with zero attached hydrogens (tertiary/aromatic N) is 1. The molecule has 1 atom stereocenters. The van der Waals surface area contributed by atoms with Crippen molar-refractivity contribution >= 4 is 11.7 Å². The van der Waals surface area contributed by atoms with Crippen LogP contribution in [0.4, 0.5) is 0 Å². The third kappa shape index (κ3) is 2.22. The number of hydrogen-bond acceptors (Lipinski definition) is 6. The number of methoxy groups -OCH3 is 1. The van der Waals surface area contributed by atoms with E-state index < -0.39 is 5.97 Å². The third-order valence-corrected chi connectivity index (χ3v) is 3.16.